The number of nitrogens with zero attached hydrogens (tertiary/aromatic N) is 3. The Kier molecular flexibility index (Phi) is 3.89. The number of hydrogen-bond donors (Lipinski definition) is 2. The Hall–Kier alpha value is -2.18. The molecule has 3 heterocycles. The number of likely N-dealkylation sites (N-methyl/N-ethyl adjacent to an activating group) is 1. The SMILES string of the molecule is CCNc1cc(Cl)c(Cl)c2c1c(-c1cn[nH]c1)c1n2CCN(C)C1=O. The molecule has 0 fully saturated rings. The Morgan fingerprint density at radius 2 is 2.16 bits per heavy atom. The van der Waals surface area contributed by atoms with Crippen molar-refractivity contribution in [2.45, 2.75) is 13.5 Å². The number of carbonyl (C=O) groups excluding carboxylic acids is 1. The van der Waals surface area contributed by atoms with Gasteiger partial charge < -0.3 is 14.8 Å². The molecule has 3 aromatic rings. The number of anilines is 1. The first-order valence-corrected chi connectivity index (χ1v) is 8.82. The second-order valence-electron chi connectivity index (χ2n) is 6.06. The normalized spacial score (nSPS) is 14.2. The fraction of sp³-hybridized carbons (Fsp3) is 0.294. The fourth-order valence-electron chi connectivity index (χ4n) is 3.46. The van der Waals surface area contributed by atoms with Crippen LogP contribution in [0.3, 0.4) is 0 Å². The summed E-state index contributed by atoms with van der Waals surface area (Å²) in [5.41, 5.74) is 3.95. The van der Waals surface area contributed by atoms with Gasteiger partial charge in [0.25, 0.3) is 5.91 Å². The van der Waals surface area contributed by atoms with Gasteiger partial charge in [-0.1, -0.05) is 23.2 Å². The van der Waals surface area contributed by atoms with Crippen LogP contribution >= 0.6 is 23.2 Å². The zero-order valence-corrected chi connectivity index (χ0v) is 15.4. The van der Waals surface area contributed by atoms with Gasteiger partial charge in [-0.05, 0) is 13.0 Å². The minimum atomic E-state index is -0.0340. The summed E-state index contributed by atoms with van der Waals surface area (Å²) in [6, 6.07) is 1.82. The smallest absolute Gasteiger partial charge is 0.270 e. The van der Waals surface area contributed by atoms with E-state index in [0.29, 0.717) is 28.8 Å². The van der Waals surface area contributed by atoms with Gasteiger partial charge in [0.1, 0.15) is 5.69 Å². The Balaban J connectivity index is 2.20. The van der Waals surface area contributed by atoms with Crippen molar-refractivity contribution >= 4 is 45.7 Å². The molecule has 0 aliphatic carbocycles. The van der Waals surface area contributed by atoms with Crippen LogP contribution < -0.4 is 5.32 Å². The first-order valence-electron chi connectivity index (χ1n) is 8.07. The second kappa shape index (κ2) is 5.97. The van der Waals surface area contributed by atoms with Gasteiger partial charge in [-0.2, -0.15) is 5.10 Å². The third-order valence-corrected chi connectivity index (χ3v) is 5.36. The highest BCUT2D eigenvalue weighted by Crippen LogP contribution is 2.45. The summed E-state index contributed by atoms with van der Waals surface area (Å²) in [6.07, 6.45) is 3.51. The maximum absolute atomic E-state index is 12.9. The van der Waals surface area contributed by atoms with Crippen molar-refractivity contribution in [1.82, 2.24) is 19.7 Å². The Labute approximate surface area is 154 Å². The highest BCUT2D eigenvalue weighted by molar-refractivity contribution is 6.46. The van der Waals surface area contributed by atoms with Crippen molar-refractivity contribution < 1.29 is 4.79 Å². The van der Waals surface area contributed by atoms with Crippen LogP contribution in [-0.2, 0) is 6.54 Å². The second-order valence-corrected chi connectivity index (χ2v) is 6.85. The summed E-state index contributed by atoms with van der Waals surface area (Å²) < 4.78 is 1.98. The van der Waals surface area contributed by atoms with Crippen LogP contribution in [0.15, 0.2) is 18.5 Å². The summed E-state index contributed by atoms with van der Waals surface area (Å²) >= 11 is 12.9. The van der Waals surface area contributed by atoms with Crippen molar-refractivity contribution in [2.75, 3.05) is 25.5 Å². The van der Waals surface area contributed by atoms with E-state index in [-0.39, 0.29) is 5.91 Å². The number of aromatic amines is 1. The number of fused-ring (bicyclic) bond motifs is 3. The molecule has 1 amide bonds. The van der Waals surface area contributed by atoms with Crippen molar-refractivity contribution in [3.63, 3.8) is 0 Å². The van der Waals surface area contributed by atoms with E-state index in [0.717, 1.165) is 34.3 Å². The van der Waals surface area contributed by atoms with Gasteiger partial charge in [-0.25, -0.2) is 0 Å². The summed E-state index contributed by atoms with van der Waals surface area (Å²) in [7, 11) is 1.81. The maximum Gasteiger partial charge on any atom is 0.270 e. The van der Waals surface area contributed by atoms with Crippen molar-refractivity contribution in [3.8, 4) is 11.1 Å². The van der Waals surface area contributed by atoms with Crippen LogP contribution in [0.4, 0.5) is 5.69 Å². The van der Waals surface area contributed by atoms with E-state index in [1.165, 1.54) is 0 Å². The van der Waals surface area contributed by atoms with Crippen molar-refractivity contribution in [2.24, 2.45) is 0 Å². The maximum atomic E-state index is 12.9. The molecular weight excluding hydrogens is 361 g/mol. The van der Waals surface area contributed by atoms with E-state index >= 15 is 0 Å². The molecule has 2 aromatic heterocycles. The zero-order chi connectivity index (χ0) is 17.7. The summed E-state index contributed by atoms with van der Waals surface area (Å²) in [5.74, 6) is -0.0340. The Morgan fingerprint density at radius 3 is 2.84 bits per heavy atom. The van der Waals surface area contributed by atoms with E-state index < -0.39 is 0 Å². The molecule has 1 aliphatic heterocycles. The number of aromatic nitrogens is 3. The molecule has 0 bridgehead atoms. The molecule has 25 heavy (non-hydrogen) atoms. The number of nitrogens with one attached hydrogen (secondary N) is 2. The van der Waals surface area contributed by atoms with Crippen LogP contribution in [-0.4, -0.2) is 45.7 Å². The fourth-order valence-corrected chi connectivity index (χ4v) is 3.91. The first-order chi connectivity index (χ1) is 12.0. The third kappa shape index (κ3) is 2.32. The molecule has 0 spiro atoms. The molecule has 4 rings (SSSR count). The topological polar surface area (TPSA) is 66.0 Å². The van der Waals surface area contributed by atoms with Crippen LogP contribution in [0.25, 0.3) is 22.0 Å². The Morgan fingerprint density at radius 1 is 1.36 bits per heavy atom. The molecular formula is C17H17Cl2N5O. The standard InChI is InChI=1S/C17H17Cl2N5O/c1-3-20-11-6-10(18)14(19)15-13(11)12(9-7-21-22-8-9)16-17(25)23(2)4-5-24(15)16/h6-8,20H,3-5H2,1-2H3,(H,21,22). The molecule has 1 aliphatic rings. The largest absolute Gasteiger partial charge is 0.385 e. The number of halogens is 2. The zero-order valence-electron chi connectivity index (χ0n) is 13.9. The number of hydrogen-bond acceptors (Lipinski definition) is 3. The number of benzene rings is 1. The number of rotatable bonds is 3. The minimum absolute atomic E-state index is 0.0340. The first kappa shape index (κ1) is 16.3. The highest BCUT2D eigenvalue weighted by Gasteiger charge is 2.32. The molecule has 2 N–H and O–H groups in total. The number of amides is 1. The molecule has 0 saturated carbocycles. The van der Waals surface area contributed by atoms with E-state index in [4.69, 9.17) is 23.2 Å². The molecule has 6 nitrogen and oxygen atoms in total. The number of carbonyl (C=O) groups is 1. The van der Waals surface area contributed by atoms with Crippen molar-refractivity contribution in [1.29, 1.82) is 0 Å². The van der Waals surface area contributed by atoms with E-state index in [9.17, 15) is 4.79 Å². The van der Waals surface area contributed by atoms with Gasteiger partial charge in [0.15, 0.2) is 0 Å². The van der Waals surface area contributed by atoms with Crippen LogP contribution in [0, 0.1) is 0 Å². The van der Waals surface area contributed by atoms with Crippen LogP contribution in [0.5, 0.6) is 0 Å². The third-order valence-electron chi connectivity index (χ3n) is 4.58. The average Bonchev–Trinajstić information content (AvgIpc) is 3.21. The quantitative estimate of drug-likeness (QED) is 0.728. The molecule has 1 aromatic carbocycles. The van der Waals surface area contributed by atoms with Crippen molar-refractivity contribution in [3.05, 3.63) is 34.2 Å². The molecule has 130 valence electrons. The molecule has 8 heteroatoms. The van der Waals surface area contributed by atoms with E-state index in [1.54, 1.807) is 17.3 Å². The monoisotopic (exact) mass is 377 g/mol. The predicted octanol–water partition coefficient (Wildman–Crippen LogP) is 3.86. The van der Waals surface area contributed by atoms with E-state index in [2.05, 4.69) is 15.5 Å². The van der Waals surface area contributed by atoms with Crippen LogP contribution in [0.2, 0.25) is 10.0 Å². The molecule has 0 radical (unpaired) electrons. The summed E-state index contributed by atoms with van der Waals surface area (Å²) in [6.45, 7) is 4.03. The number of H-pyrrole nitrogens is 1. The lowest BCUT2D eigenvalue weighted by Crippen LogP contribution is -2.37. The van der Waals surface area contributed by atoms with Gasteiger partial charge in [-0.15, -0.1) is 0 Å². The van der Waals surface area contributed by atoms with E-state index in [1.807, 2.05) is 24.6 Å². The average molecular weight is 378 g/mol. The lowest BCUT2D eigenvalue weighted by molar-refractivity contribution is 0.0752. The predicted molar refractivity (Wildman–Crippen MR) is 101 cm³/mol. The van der Waals surface area contributed by atoms with Gasteiger partial charge in [0.2, 0.25) is 0 Å². The summed E-state index contributed by atoms with van der Waals surface area (Å²) in [5, 5.41) is 12.1. The molecule has 0 atom stereocenters. The Bertz CT molecular complexity index is 977. The van der Waals surface area contributed by atoms with Gasteiger partial charge in [-0.3, -0.25) is 9.89 Å². The van der Waals surface area contributed by atoms with Gasteiger partial charge >= 0.3 is 0 Å². The molecule has 0 saturated heterocycles. The lowest BCUT2D eigenvalue weighted by atomic mass is 10.0. The highest BCUT2D eigenvalue weighted by atomic mass is 35.5. The van der Waals surface area contributed by atoms with Crippen LogP contribution in [0.1, 0.15) is 17.4 Å². The summed E-state index contributed by atoms with van der Waals surface area (Å²) in [4.78, 5) is 14.7. The minimum Gasteiger partial charge on any atom is -0.385 e. The van der Waals surface area contributed by atoms with Gasteiger partial charge in [0, 0.05) is 55.1 Å². The molecule has 0 unspecified atom stereocenters. The van der Waals surface area contributed by atoms with Gasteiger partial charge in [0.05, 0.1) is 21.8 Å². The lowest BCUT2D eigenvalue weighted by Gasteiger charge is -2.25.